The Balaban J connectivity index is 1.32. The number of rotatable bonds is 7. The van der Waals surface area contributed by atoms with Crippen molar-refractivity contribution in [3.8, 4) is 0 Å². The fourth-order valence-corrected chi connectivity index (χ4v) is 11.3. The quantitative estimate of drug-likeness (QED) is 0.366. The van der Waals surface area contributed by atoms with Crippen LogP contribution in [0.15, 0.2) is 17.5 Å². The van der Waals surface area contributed by atoms with Crippen LogP contribution in [-0.4, -0.2) is 34.4 Å². The van der Waals surface area contributed by atoms with Gasteiger partial charge in [-0.2, -0.15) is 0 Å². The summed E-state index contributed by atoms with van der Waals surface area (Å²) < 4.78 is 0. The maximum Gasteiger partial charge on any atom is 0.220 e. The zero-order valence-corrected chi connectivity index (χ0v) is 24.2. The van der Waals surface area contributed by atoms with Crippen LogP contribution in [0, 0.1) is 46.3 Å². The van der Waals surface area contributed by atoms with Gasteiger partial charge in [-0.05, 0) is 116 Å². The van der Waals surface area contributed by atoms with Crippen LogP contribution < -0.4 is 11.1 Å². The summed E-state index contributed by atoms with van der Waals surface area (Å²) in [4.78, 5) is 14.4. The molecule has 5 rings (SSSR count). The van der Waals surface area contributed by atoms with Crippen molar-refractivity contribution < 1.29 is 15.0 Å². The molecule has 0 spiro atoms. The molecule has 0 radical (unpaired) electrons. The minimum absolute atomic E-state index is 0.0987. The summed E-state index contributed by atoms with van der Waals surface area (Å²) in [6.07, 6.45) is 9.41. The summed E-state index contributed by atoms with van der Waals surface area (Å²) in [5.74, 6) is 2.41. The Labute approximate surface area is 228 Å². The topological polar surface area (TPSA) is 95.6 Å². The summed E-state index contributed by atoms with van der Waals surface area (Å²) in [7, 11) is 0. The molecule has 4 saturated carbocycles. The van der Waals surface area contributed by atoms with Crippen LogP contribution in [0.1, 0.15) is 103 Å². The molecule has 208 valence electrons. The first-order valence-corrected chi connectivity index (χ1v) is 15.8. The number of thiophene rings is 1. The van der Waals surface area contributed by atoms with Crippen LogP contribution in [0.5, 0.6) is 0 Å². The van der Waals surface area contributed by atoms with Crippen molar-refractivity contribution in [2.45, 2.75) is 110 Å². The van der Waals surface area contributed by atoms with E-state index in [0.29, 0.717) is 36.0 Å². The fourth-order valence-electron chi connectivity index (χ4n) is 10.5. The van der Waals surface area contributed by atoms with Gasteiger partial charge in [0.1, 0.15) is 0 Å². The highest BCUT2D eigenvalue weighted by atomic mass is 32.1. The third-order valence-corrected chi connectivity index (χ3v) is 13.1. The normalized spacial score (nSPS) is 44.8. The molecule has 1 amide bonds. The van der Waals surface area contributed by atoms with Gasteiger partial charge in [0.15, 0.2) is 0 Å². The SMILES string of the molecule is CCC(NC(=O)C[C@@H](C)C1CC[C@@H]2C1(C)CC[C@@H]1C3(C)CC[C@@H](O)CC3[C@@H](CO)CC12N)c1cccs1. The average molecular weight is 531 g/mol. The van der Waals surface area contributed by atoms with Gasteiger partial charge in [0.25, 0.3) is 0 Å². The number of hydrogen-bond donors (Lipinski definition) is 4. The Hall–Kier alpha value is -0.950. The largest absolute Gasteiger partial charge is 0.396 e. The molecule has 11 atom stereocenters. The molecule has 6 heteroatoms. The second-order valence-corrected chi connectivity index (χ2v) is 14.8. The van der Waals surface area contributed by atoms with E-state index in [9.17, 15) is 15.0 Å². The molecule has 37 heavy (non-hydrogen) atoms. The number of aliphatic hydroxyl groups is 2. The van der Waals surface area contributed by atoms with E-state index in [1.807, 2.05) is 0 Å². The first kappa shape index (κ1) is 27.6. The summed E-state index contributed by atoms with van der Waals surface area (Å²) in [5.41, 5.74) is 7.55. The molecule has 1 aromatic heterocycles. The van der Waals surface area contributed by atoms with Gasteiger partial charge in [-0.25, -0.2) is 0 Å². The number of fused-ring (bicyclic) bond motifs is 5. The minimum Gasteiger partial charge on any atom is -0.396 e. The van der Waals surface area contributed by atoms with Gasteiger partial charge in [-0.3, -0.25) is 4.79 Å². The first-order valence-electron chi connectivity index (χ1n) is 15.0. The molecular formula is C31H50N2O3S. The van der Waals surface area contributed by atoms with Crippen molar-refractivity contribution in [1.29, 1.82) is 0 Å². The molecule has 0 aliphatic heterocycles. The Kier molecular flexibility index (Phi) is 7.63. The predicted molar refractivity (Wildman–Crippen MR) is 150 cm³/mol. The molecule has 1 aromatic rings. The van der Waals surface area contributed by atoms with Crippen molar-refractivity contribution >= 4 is 17.2 Å². The van der Waals surface area contributed by atoms with E-state index in [1.54, 1.807) is 11.3 Å². The smallest absolute Gasteiger partial charge is 0.220 e. The van der Waals surface area contributed by atoms with Crippen molar-refractivity contribution in [2.24, 2.45) is 52.1 Å². The predicted octanol–water partition coefficient (Wildman–Crippen LogP) is 5.66. The van der Waals surface area contributed by atoms with E-state index in [2.05, 4.69) is 50.5 Å². The molecule has 5 N–H and O–H groups in total. The Morgan fingerprint density at radius 2 is 1.92 bits per heavy atom. The highest BCUT2D eigenvalue weighted by Crippen LogP contribution is 2.69. The first-order chi connectivity index (χ1) is 17.6. The number of carbonyl (C=O) groups is 1. The lowest BCUT2D eigenvalue weighted by molar-refractivity contribution is -0.169. The molecule has 0 aromatic carbocycles. The number of aliphatic hydroxyl groups excluding tert-OH is 2. The zero-order valence-electron chi connectivity index (χ0n) is 23.4. The monoisotopic (exact) mass is 530 g/mol. The second kappa shape index (κ2) is 10.2. The molecule has 4 aliphatic carbocycles. The van der Waals surface area contributed by atoms with Crippen LogP contribution in [-0.2, 0) is 4.79 Å². The Bertz CT molecular complexity index is 954. The van der Waals surface area contributed by atoms with E-state index in [4.69, 9.17) is 5.73 Å². The van der Waals surface area contributed by atoms with E-state index in [1.165, 1.54) is 11.3 Å². The van der Waals surface area contributed by atoms with E-state index < -0.39 is 0 Å². The van der Waals surface area contributed by atoms with Gasteiger partial charge in [-0.15, -0.1) is 11.3 Å². The van der Waals surface area contributed by atoms with Crippen molar-refractivity contribution in [3.05, 3.63) is 22.4 Å². The highest BCUT2D eigenvalue weighted by Gasteiger charge is 2.67. The van der Waals surface area contributed by atoms with Gasteiger partial charge in [0, 0.05) is 23.4 Å². The van der Waals surface area contributed by atoms with Gasteiger partial charge in [0.2, 0.25) is 5.91 Å². The molecule has 4 aliphatic rings. The standard InChI is InChI=1S/C31H50N2O3S/c1-5-24(25-7-6-14-37-25)33-28(36)15-19(2)22-8-9-26-29(22,3)13-11-27-30(4)12-10-21(35)16-23(30)20(18-34)17-31(26,27)32/h6-7,14,19-24,26-27,34-35H,5,8-13,15-18,32H2,1-4H3,(H,33,36)/t19-,20-,21-,22?,23?,24?,26-,27-,29?,30?,31?/m1/s1. The number of amides is 1. The van der Waals surface area contributed by atoms with Gasteiger partial charge in [-0.1, -0.05) is 33.8 Å². The van der Waals surface area contributed by atoms with Crippen molar-refractivity contribution in [1.82, 2.24) is 5.32 Å². The summed E-state index contributed by atoms with van der Waals surface area (Å²) in [6, 6.07) is 4.28. The van der Waals surface area contributed by atoms with Crippen LogP contribution >= 0.6 is 11.3 Å². The van der Waals surface area contributed by atoms with Crippen molar-refractivity contribution in [2.75, 3.05) is 6.61 Å². The highest BCUT2D eigenvalue weighted by molar-refractivity contribution is 7.10. The molecule has 0 bridgehead atoms. The number of hydrogen-bond acceptors (Lipinski definition) is 5. The summed E-state index contributed by atoms with van der Waals surface area (Å²) in [5, 5.41) is 26.3. The maximum atomic E-state index is 13.2. The Morgan fingerprint density at radius 3 is 2.59 bits per heavy atom. The number of nitrogens with one attached hydrogen (secondary N) is 1. The van der Waals surface area contributed by atoms with E-state index >= 15 is 0 Å². The van der Waals surface area contributed by atoms with Gasteiger partial charge >= 0.3 is 0 Å². The van der Waals surface area contributed by atoms with Gasteiger partial charge in [0.05, 0.1) is 12.1 Å². The molecule has 0 saturated heterocycles. The number of carbonyl (C=O) groups excluding carboxylic acids is 1. The average Bonchev–Trinajstić information content (AvgIpc) is 3.51. The maximum absolute atomic E-state index is 13.2. The molecule has 4 fully saturated rings. The lowest BCUT2D eigenvalue weighted by atomic mass is 9.40. The van der Waals surface area contributed by atoms with Crippen LogP contribution in [0.2, 0.25) is 0 Å². The third kappa shape index (κ3) is 4.52. The van der Waals surface area contributed by atoms with E-state index in [0.717, 1.165) is 51.4 Å². The minimum atomic E-state index is -0.267. The second-order valence-electron chi connectivity index (χ2n) is 13.9. The molecule has 1 heterocycles. The van der Waals surface area contributed by atoms with Gasteiger partial charge < -0.3 is 21.3 Å². The zero-order chi connectivity index (χ0) is 26.6. The third-order valence-electron chi connectivity index (χ3n) is 12.1. The van der Waals surface area contributed by atoms with E-state index in [-0.39, 0.29) is 46.9 Å². The lowest BCUT2D eigenvalue weighted by Gasteiger charge is -2.67. The number of nitrogens with two attached hydrogens (primary N) is 1. The van der Waals surface area contributed by atoms with Crippen LogP contribution in [0.4, 0.5) is 0 Å². The molecular weight excluding hydrogens is 480 g/mol. The van der Waals surface area contributed by atoms with Crippen molar-refractivity contribution in [3.63, 3.8) is 0 Å². The van der Waals surface area contributed by atoms with Crippen LogP contribution in [0.3, 0.4) is 0 Å². The summed E-state index contributed by atoms with van der Waals surface area (Å²) in [6.45, 7) is 9.50. The van der Waals surface area contributed by atoms with Crippen LogP contribution in [0.25, 0.3) is 0 Å². The Morgan fingerprint density at radius 1 is 1.19 bits per heavy atom. The fraction of sp³-hybridized carbons (Fsp3) is 0.839. The molecule has 5 nitrogen and oxygen atoms in total. The lowest BCUT2D eigenvalue weighted by Crippen LogP contribution is -2.70. The molecule has 6 unspecified atom stereocenters. The summed E-state index contributed by atoms with van der Waals surface area (Å²) >= 11 is 1.72.